The summed E-state index contributed by atoms with van der Waals surface area (Å²) in [6.45, 7) is 13.4. The zero-order valence-electron chi connectivity index (χ0n) is 24.2. The average Bonchev–Trinajstić information content (AvgIpc) is 3.44. The number of benzene rings is 4. The summed E-state index contributed by atoms with van der Waals surface area (Å²) in [4.78, 5) is 0. The van der Waals surface area contributed by atoms with Crippen molar-refractivity contribution in [1.29, 1.82) is 0 Å². The van der Waals surface area contributed by atoms with Crippen LogP contribution in [0.4, 0.5) is 0 Å². The molecule has 2 aliphatic carbocycles. The lowest BCUT2D eigenvalue weighted by Crippen LogP contribution is -2.23. The van der Waals surface area contributed by atoms with E-state index in [9.17, 15) is 0 Å². The fourth-order valence-electron chi connectivity index (χ4n) is 6.85. The smallest absolute Gasteiger partial charge is 0.0392 e. The van der Waals surface area contributed by atoms with Gasteiger partial charge in [-0.2, -0.15) is 0 Å². The molecule has 0 fully saturated rings. The largest absolute Gasteiger partial charge is 0.0912 e. The molecule has 202 valence electrons. The highest BCUT2D eigenvalue weighted by Crippen LogP contribution is 2.52. The molecule has 2 unspecified atom stereocenters. The molecule has 2 atom stereocenters. The molecule has 41 heavy (non-hydrogen) atoms. The molecular formula is C40H35Br. The lowest BCUT2D eigenvalue weighted by Gasteiger charge is -2.30. The Morgan fingerprint density at radius 2 is 1.49 bits per heavy atom. The summed E-state index contributed by atoms with van der Waals surface area (Å²) in [6.07, 6.45) is 11.1. The third-order valence-corrected chi connectivity index (χ3v) is 9.62. The van der Waals surface area contributed by atoms with Gasteiger partial charge in [-0.05, 0) is 107 Å². The lowest BCUT2D eigenvalue weighted by molar-refractivity contribution is 0.687. The Hall–Kier alpha value is -3.94. The summed E-state index contributed by atoms with van der Waals surface area (Å²) in [7, 11) is 0. The Labute approximate surface area is 253 Å². The van der Waals surface area contributed by atoms with Crippen LogP contribution in [0.25, 0.3) is 22.3 Å². The first-order valence-corrected chi connectivity index (χ1v) is 15.1. The predicted octanol–water partition coefficient (Wildman–Crippen LogP) is 11.4. The molecule has 6 rings (SSSR count). The van der Waals surface area contributed by atoms with Crippen LogP contribution < -0.4 is 0 Å². The van der Waals surface area contributed by atoms with Crippen LogP contribution in [0.5, 0.6) is 0 Å². The van der Waals surface area contributed by atoms with Crippen molar-refractivity contribution in [3.8, 4) is 11.1 Å². The summed E-state index contributed by atoms with van der Waals surface area (Å²) in [5.74, 6) is 0.212. The molecule has 0 radical (unpaired) electrons. The molecule has 0 bridgehead atoms. The second-order valence-electron chi connectivity index (χ2n) is 11.2. The van der Waals surface area contributed by atoms with Gasteiger partial charge >= 0.3 is 0 Å². The van der Waals surface area contributed by atoms with Gasteiger partial charge in [0, 0.05) is 15.8 Å². The van der Waals surface area contributed by atoms with E-state index in [4.69, 9.17) is 0 Å². The van der Waals surface area contributed by atoms with Gasteiger partial charge in [0.05, 0.1) is 0 Å². The third kappa shape index (κ3) is 4.44. The maximum atomic E-state index is 4.53. The molecule has 4 aromatic carbocycles. The summed E-state index contributed by atoms with van der Waals surface area (Å²) in [5, 5.41) is 0. The number of hydrogen-bond donors (Lipinski definition) is 0. The summed E-state index contributed by atoms with van der Waals surface area (Å²) in [6, 6.07) is 33.3. The summed E-state index contributed by atoms with van der Waals surface area (Å²) < 4.78 is 1.10. The van der Waals surface area contributed by atoms with Crippen LogP contribution >= 0.6 is 15.9 Å². The molecule has 0 N–H and O–H groups in total. The lowest BCUT2D eigenvalue weighted by atomic mass is 9.73. The van der Waals surface area contributed by atoms with Crippen molar-refractivity contribution in [2.45, 2.75) is 39.0 Å². The van der Waals surface area contributed by atoms with Crippen LogP contribution in [0.1, 0.15) is 67.0 Å². The number of rotatable bonds is 6. The highest BCUT2D eigenvalue weighted by atomic mass is 79.9. The van der Waals surface area contributed by atoms with Gasteiger partial charge in [-0.15, -0.1) is 0 Å². The van der Waals surface area contributed by atoms with Gasteiger partial charge in [-0.3, -0.25) is 0 Å². The number of hydrogen-bond acceptors (Lipinski definition) is 0. The van der Waals surface area contributed by atoms with Crippen molar-refractivity contribution >= 4 is 27.1 Å². The van der Waals surface area contributed by atoms with Crippen molar-refractivity contribution in [2.75, 3.05) is 0 Å². The molecule has 0 nitrogen and oxygen atoms in total. The third-order valence-electron chi connectivity index (χ3n) is 9.09. The highest BCUT2D eigenvalue weighted by Gasteiger charge is 2.40. The van der Waals surface area contributed by atoms with E-state index in [0.29, 0.717) is 0 Å². The molecular weight excluding hydrogens is 560 g/mol. The fourth-order valence-corrected chi connectivity index (χ4v) is 7.11. The van der Waals surface area contributed by atoms with Crippen molar-refractivity contribution in [3.05, 3.63) is 177 Å². The van der Waals surface area contributed by atoms with E-state index in [1.54, 1.807) is 0 Å². The monoisotopic (exact) mass is 594 g/mol. The van der Waals surface area contributed by atoms with E-state index < -0.39 is 0 Å². The second-order valence-corrected chi connectivity index (χ2v) is 12.1. The van der Waals surface area contributed by atoms with E-state index >= 15 is 0 Å². The molecule has 0 aliphatic heterocycles. The van der Waals surface area contributed by atoms with Crippen LogP contribution in [0.15, 0.2) is 144 Å². The van der Waals surface area contributed by atoms with Crippen LogP contribution in [-0.4, -0.2) is 0 Å². The highest BCUT2D eigenvalue weighted by molar-refractivity contribution is 9.10. The van der Waals surface area contributed by atoms with Crippen molar-refractivity contribution < 1.29 is 0 Å². The SMILES string of the molecule is C=C(C=CC1=C(C)C(C)(C(C=CC)=CC)c2ccccc21)c1ccc2c(c1)C(c1ccc(Br)cc1)c1ccccc1-2. The molecule has 1 heteroatoms. The predicted molar refractivity (Wildman–Crippen MR) is 180 cm³/mol. The minimum atomic E-state index is -0.157. The molecule has 0 aromatic heterocycles. The number of fused-ring (bicyclic) bond motifs is 4. The zero-order chi connectivity index (χ0) is 28.7. The molecule has 0 spiro atoms. The molecule has 0 amide bonds. The van der Waals surface area contributed by atoms with Gasteiger partial charge in [0.25, 0.3) is 0 Å². The van der Waals surface area contributed by atoms with Gasteiger partial charge in [0.2, 0.25) is 0 Å². The molecule has 0 heterocycles. The Kier molecular flexibility index (Phi) is 7.18. The van der Waals surface area contributed by atoms with E-state index in [1.807, 2.05) is 0 Å². The quantitative estimate of drug-likeness (QED) is 0.171. The maximum Gasteiger partial charge on any atom is 0.0392 e. The van der Waals surface area contributed by atoms with E-state index in [-0.39, 0.29) is 11.3 Å². The Balaban J connectivity index is 1.39. The van der Waals surface area contributed by atoms with Crippen molar-refractivity contribution in [2.24, 2.45) is 0 Å². The van der Waals surface area contributed by atoms with Gasteiger partial charge in [0.15, 0.2) is 0 Å². The van der Waals surface area contributed by atoms with E-state index in [2.05, 4.69) is 172 Å². The molecule has 2 aliphatic rings. The first-order chi connectivity index (χ1) is 19.9. The van der Waals surface area contributed by atoms with E-state index in [1.165, 1.54) is 55.7 Å². The van der Waals surface area contributed by atoms with Gasteiger partial charge < -0.3 is 0 Å². The topological polar surface area (TPSA) is 0 Å². The van der Waals surface area contributed by atoms with Crippen molar-refractivity contribution in [1.82, 2.24) is 0 Å². The number of halogens is 1. The molecule has 0 saturated heterocycles. The Morgan fingerprint density at radius 1 is 0.805 bits per heavy atom. The minimum absolute atomic E-state index is 0.157. The first-order valence-electron chi connectivity index (χ1n) is 14.3. The fraction of sp³-hybridized carbons (Fsp3) is 0.150. The number of allylic oxidation sites excluding steroid dienone is 9. The minimum Gasteiger partial charge on any atom is -0.0912 e. The zero-order valence-corrected chi connectivity index (χ0v) is 25.8. The van der Waals surface area contributed by atoms with Gasteiger partial charge in [-0.1, -0.05) is 131 Å². The maximum absolute atomic E-state index is 4.53. The average molecular weight is 596 g/mol. The van der Waals surface area contributed by atoms with Gasteiger partial charge in [-0.25, -0.2) is 0 Å². The standard InChI is InChI=1S/C40H35Br/c1-6-12-30(7-2)40(5)27(4)32(35-14-10-11-16-38(35)40)23-17-26(3)29-20-24-34-33-13-8-9-15-36(33)39(37(34)25-29)28-18-21-31(41)22-19-28/h6-25,39H,3H2,1-2,4-5H3. The first kappa shape index (κ1) is 27.2. The summed E-state index contributed by atoms with van der Waals surface area (Å²) in [5.41, 5.74) is 15.3. The van der Waals surface area contributed by atoms with E-state index in [0.717, 1.165) is 15.6 Å². The summed E-state index contributed by atoms with van der Waals surface area (Å²) >= 11 is 3.60. The van der Waals surface area contributed by atoms with Crippen LogP contribution in [0.3, 0.4) is 0 Å². The van der Waals surface area contributed by atoms with Crippen LogP contribution in [0, 0.1) is 0 Å². The van der Waals surface area contributed by atoms with Crippen molar-refractivity contribution in [3.63, 3.8) is 0 Å². The Morgan fingerprint density at radius 3 is 2.22 bits per heavy atom. The van der Waals surface area contributed by atoms with Gasteiger partial charge in [0.1, 0.15) is 0 Å². The van der Waals surface area contributed by atoms with Crippen LogP contribution in [-0.2, 0) is 5.41 Å². The molecule has 0 saturated carbocycles. The second kappa shape index (κ2) is 10.8. The molecule has 4 aromatic rings. The van der Waals surface area contributed by atoms with Crippen LogP contribution in [0.2, 0.25) is 0 Å². The normalized spacial score (nSPS) is 19.6. The Bertz CT molecular complexity index is 1790.